The Kier molecular flexibility index (Phi) is 4.46. The van der Waals surface area contributed by atoms with Gasteiger partial charge in [-0.25, -0.2) is 0 Å². The van der Waals surface area contributed by atoms with E-state index in [1.807, 2.05) is 23.6 Å². The molecule has 0 aliphatic rings. The van der Waals surface area contributed by atoms with Crippen molar-refractivity contribution in [1.29, 1.82) is 0 Å². The second-order valence-corrected chi connectivity index (χ2v) is 8.58. The molecule has 0 spiro atoms. The van der Waals surface area contributed by atoms with Crippen LogP contribution < -0.4 is 0 Å². The first-order chi connectivity index (χ1) is 10.5. The number of rotatable bonds is 4. The number of carbonyl (C=O) groups excluding carboxylic acids is 1. The monoisotopic (exact) mass is 395 g/mol. The molecule has 114 valence electrons. The Bertz CT molecular complexity index is 805. The highest BCUT2D eigenvalue weighted by molar-refractivity contribution is 9.11. The smallest absolute Gasteiger partial charge is 0.274 e. The van der Waals surface area contributed by atoms with Crippen molar-refractivity contribution in [2.75, 3.05) is 7.05 Å². The Morgan fingerprint density at radius 2 is 2.23 bits per heavy atom. The number of hydrogen-bond acceptors (Lipinski definition) is 4. The Morgan fingerprint density at radius 1 is 1.41 bits per heavy atom. The number of halogens is 1. The summed E-state index contributed by atoms with van der Waals surface area (Å²) in [5, 5.41) is 9.14. The predicted molar refractivity (Wildman–Crippen MR) is 94.5 cm³/mol. The van der Waals surface area contributed by atoms with Gasteiger partial charge in [-0.15, -0.1) is 22.7 Å². The van der Waals surface area contributed by atoms with Crippen LogP contribution in [0.4, 0.5) is 0 Å². The number of nitrogens with one attached hydrogen (secondary N) is 1. The van der Waals surface area contributed by atoms with Crippen molar-refractivity contribution in [1.82, 2.24) is 15.1 Å². The summed E-state index contributed by atoms with van der Waals surface area (Å²) in [6, 6.07) is 7.93. The summed E-state index contributed by atoms with van der Waals surface area (Å²) in [6.07, 6.45) is 0. The largest absolute Gasteiger partial charge is 0.336 e. The van der Waals surface area contributed by atoms with Gasteiger partial charge in [0.2, 0.25) is 0 Å². The van der Waals surface area contributed by atoms with Gasteiger partial charge in [0.25, 0.3) is 5.91 Å². The van der Waals surface area contributed by atoms with Crippen molar-refractivity contribution in [3.8, 4) is 10.6 Å². The summed E-state index contributed by atoms with van der Waals surface area (Å²) in [5.74, 6) is -0.0851. The van der Waals surface area contributed by atoms with Crippen molar-refractivity contribution in [3.05, 3.63) is 49.6 Å². The minimum absolute atomic E-state index is 0.0851. The summed E-state index contributed by atoms with van der Waals surface area (Å²) in [6.45, 7) is 2.63. The van der Waals surface area contributed by atoms with Gasteiger partial charge in [0.15, 0.2) is 5.69 Å². The Labute approximate surface area is 144 Å². The zero-order valence-corrected chi connectivity index (χ0v) is 15.3. The van der Waals surface area contributed by atoms with Crippen LogP contribution in [-0.2, 0) is 6.54 Å². The molecule has 0 radical (unpaired) electrons. The molecule has 0 aliphatic heterocycles. The van der Waals surface area contributed by atoms with Crippen LogP contribution in [0.1, 0.15) is 20.9 Å². The van der Waals surface area contributed by atoms with E-state index in [-0.39, 0.29) is 5.91 Å². The van der Waals surface area contributed by atoms with Crippen LogP contribution in [0, 0.1) is 6.92 Å². The number of nitrogens with zero attached hydrogens (tertiary/aromatic N) is 2. The quantitative estimate of drug-likeness (QED) is 0.704. The van der Waals surface area contributed by atoms with E-state index in [0.29, 0.717) is 12.2 Å². The second kappa shape index (κ2) is 6.36. The molecule has 4 nitrogen and oxygen atoms in total. The molecule has 3 aromatic rings. The zero-order chi connectivity index (χ0) is 15.7. The SMILES string of the molecule is Cc1ccc(-c2cc(C(=O)N(C)Cc3csc(Br)c3)n[nH]2)s1. The summed E-state index contributed by atoms with van der Waals surface area (Å²) in [4.78, 5) is 16.4. The van der Waals surface area contributed by atoms with Gasteiger partial charge in [-0.2, -0.15) is 5.10 Å². The molecule has 0 fully saturated rings. The highest BCUT2D eigenvalue weighted by atomic mass is 79.9. The highest BCUT2D eigenvalue weighted by Gasteiger charge is 2.17. The fourth-order valence-corrected chi connectivity index (χ4v) is 4.14. The van der Waals surface area contributed by atoms with Crippen LogP contribution in [0.25, 0.3) is 10.6 Å². The maximum atomic E-state index is 12.4. The first-order valence-electron chi connectivity index (χ1n) is 6.63. The van der Waals surface area contributed by atoms with Gasteiger partial charge in [-0.05, 0) is 58.1 Å². The number of H-pyrrole nitrogens is 1. The van der Waals surface area contributed by atoms with E-state index in [1.165, 1.54) is 4.88 Å². The lowest BCUT2D eigenvalue weighted by Gasteiger charge is -2.14. The van der Waals surface area contributed by atoms with Crippen molar-refractivity contribution in [2.24, 2.45) is 0 Å². The lowest BCUT2D eigenvalue weighted by molar-refractivity contribution is 0.0779. The molecule has 0 saturated heterocycles. The van der Waals surface area contributed by atoms with E-state index >= 15 is 0 Å². The fraction of sp³-hybridized carbons (Fsp3) is 0.200. The van der Waals surface area contributed by atoms with E-state index in [1.54, 1.807) is 34.6 Å². The lowest BCUT2D eigenvalue weighted by Crippen LogP contribution is -2.26. The standard InChI is InChI=1S/C15H14BrN3OS2/c1-9-3-4-13(22-9)11-6-12(18-17-11)15(20)19(2)7-10-5-14(16)21-8-10/h3-6,8H,7H2,1-2H3,(H,17,18). The summed E-state index contributed by atoms with van der Waals surface area (Å²) in [5.41, 5.74) is 2.43. The van der Waals surface area contributed by atoms with Crippen LogP contribution in [0.15, 0.2) is 33.4 Å². The molecule has 3 rings (SSSR count). The number of aromatic amines is 1. The normalized spacial score (nSPS) is 10.9. The molecule has 0 unspecified atom stereocenters. The van der Waals surface area contributed by atoms with Crippen molar-refractivity contribution >= 4 is 44.5 Å². The van der Waals surface area contributed by atoms with Gasteiger partial charge < -0.3 is 4.90 Å². The maximum absolute atomic E-state index is 12.4. The van der Waals surface area contributed by atoms with E-state index in [4.69, 9.17) is 0 Å². The predicted octanol–water partition coefficient (Wildman–Crippen LogP) is 4.54. The van der Waals surface area contributed by atoms with Gasteiger partial charge >= 0.3 is 0 Å². The van der Waals surface area contributed by atoms with E-state index in [0.717, 1.165) is 19.9 Å². The van der Waals surface area contributed by atoms with Crippen molar-refractivity contribution in [3.63, 3.8) is 0 Å². The van der Waals surface area contributed by atoms with E-state index in [2.05, 4.69) is 39.1 Å². The molecule has 0 aromatic carbocycles. The van der Waals surface area contributed by atoms with Gasteiger partial charge in [-0.3, -0.25) is 9.89 Å². The van der Waals surface area contributed by atoms with E-state index < -0.39 is 0 Å². The average Bonchev–Trinajstić information content (AvgIpc) is 3.19. The third-order valence-electron chi connectivity index (χ3n) is 3.19. The molecule has 0 atom stereocenters. The minimum atomic E-state index is -0.0851. The molecule has 0 aliphatic carbocycles. The zero-order valence-electron chi connectivity index (χ0n) is 12.1. The van der Waals surface area contributed by atoms with Crippen molar-refractivity contribution in [2.45, 2.75) is 13.5 Å². The Hall–Kier alpha value is -1.44. The maximum Gasteiger partial charge on any atom is 0.274 e. The Morgan fingerprint density at radius 3 is 2.86 bits per heavy atom. The number of carbonyl (C=O) groups is 1. The number of aromatic nitrogens is 2. The summed E-state index contributed by atoms with van der Waals surface area (Å²) >= 11 is 6.73. The number of aryl methyl sites for hydroxylation is 1. The molecule has 1 amide bonds. The fourth-order valence-electron chi connectivity index (χ4n) is 2.11. The molecule has 0 saturated carbocycles. The average molecular weight is 396 g/mol. The minimum Gasteiger partial charge on any atom is -0.336 e. The molecule has 0 bridgehead atoms. The molecule has 22 heavy (non-hydrogen) atoms. The van der Waals surface area contributed by atoms with Crippen LogP contribution in [0.3, 0.4) is 0 Å². The third-order valence-corrected chi connectivity index (χ3v) is 5.78. The molecular formula is C15H14BrN3OS2. The van der Waals surface area contributed by atoms with Crippen LogP contribution in [0.5, 0.6) is 0 Å². The van der Waals surface area contributed by atoms with Crippen LogP contribution >= 0.6 is 38.6 Å². The number of amides is 1. The van der Waals surface area contributed by atoms with Crippen LogP contribution in [0.2, 0.25) is 0 Å². The Balaban J connectivity index is 1.73. The molecular weight excluding hydrogens is 382 g/mol. The van der Waals surface area contributed by atoms with Gasteiger partial charge in [0, 0.05) is 18.5 Å². The van der Waals surface area contributed by atoms with E-state index in [9.17, 15) is 4.79 Å². The number of thiophene rings is 2. The van der Waals surface area contributed by atoms with Gasteiger partial charge in [-0.1, -0.05) is 0 Å². The topological polar surface area (TPSA) is 49.0 Å². The first-order valence-corrected chi connectivity index (χ1v) is 9.12. The van der Waals surface area contributed by atoms with Gasteiger partial charge in [0.05, 0.1) is 14.4 Å². The van der Waals surface area contributed by atoms with Crippen LogP contribution in [-0.4, -0.2) is 28.1 Å². The first kappa shape index (κ1) is 15.5. The third kappa shape index (κ3) is 3.31. The number of hydrogen-bond donors (Lipinski definition) is 1. The molecule has 3 heterocycles. The molecule has 1 N–H and O–H groups in total. The lowest BCUT2D eigenvalue weighted by atomic mass is 10.2. The summed E-state index contributed by atoms with van der Waals surface area (Å²) in [7, 11) is 1.79. The van der Waals surface area contributed by atoms with Gasteiger partial charge in [0.1, 0.15) is 0 Å². The molecule has 7 heteroatoms. The summed E-state index contributed by atoms with van der Waals surface area (Å²) < 4.78 is 1.07. The highest BCUT2D eigenvalue weighted by Crippen LogP contribution is 2.27. The van der Waals surface area contributed by atoms with Crippen molar-refractivity contribution < 1.29 is 4.79 Å². The second-order valence-electron chi connectivity index (χ2n) is 5.00. The molecule has 3 aromatic heterocycles.